The topological polar surface area (TPSA) is 46.9 Å². The van der Waals surface area contributed by atoms with Gasteiger partial charge in [0.25, 0.3) is 5.91 Å². The smallest absolute Gasteiger partial charge is 0.254 e. The standard InChI is InChI=1S/C11H12ClN3OS/c1-15-7-8(6-14-15)11(16)13-5-4-9-2-3-10(12)17-9/h2-3,6-7H,4-5H2,1H3,(H,13,16). The molecule has 1 N–H and O–H groups in total. The lowest BCUT2D eigenvalue weighted by atomic mass is 10.3. The molecular weight excluding hydrogens is 258 g/mol. The van der Waals surface area contributed by atoms with Gasteiger partial charge in [0.1, 0.15) is 0 Å². The molecule has 1 amide bonds. The molecular formula is C11H12ClN3OS. The van der Waals surface area contributed by atoms with Crippen molar-refractivity contribution in [3.05, 3.63) is 39.3 Å². The number of halogens is 1. The molecule has 0 radical (unpaired) electrons. The van der Waals surface area contributed by atoms with E-state index in [1.165, 1.54) is 16.2 Å². The van der Waals surface area contributed by atoms with Gasteiger partial charge < -0.3 is 5.32 Å². The van der Waals surface area contributed by atoms with Crippen LogP contribution in [0.4, 0.5) is 0 Å². The minimum atomic E-state index is -0.0965. The molecule has 0 saturated heterocycles. The molecule has 0 aromatic carbocycles. The molecule has 4 nitrogen and oxygen atoms in total. The summed E-state index contributed by atoms with van der Waals surface area (Å²) in [6, 6.07) is 3.84. The molecule has 0 unspecified atom stereocenters. The van der Waals surface area contributed by atoms with E-state index in [9.17, 15) is 4.79 Å². The van der Waals surface area contributed by atoms with Crippen molar-refractivity contribution in [2.45, 2.75) is 6.42 Å². The number of rotatable bonds is 4. The molecule has 90 valence electrons. The Bertz CT molecular complexity index is 520. The van der Waals surface area contributed by atoms with Gasteiger partial charge in [0.15, 0.2) is 0 Å². The molecule has 6 heteroatoms. The van der Waals surface area contributed by atoms with E-state index in [2.05, 4.69) is 10.4 Å². The van der Waals surface area contributed by atoms with Crippen LogP contribution in [0.15, 0.2) is 24.5 Å². The number of carbonyl (C=O) groups is 1. The first-order valence-electron chi connectivity index (χ1n) is 5.16. The number of thiophene rings is 1. The van der Waals surface area contributed by atoms with E-state index >= 15 is 0 Å². The molecule has 17 heavy (non-hydrogen) atoms. The highest BCUT2D eigenvalue weighted by Gasteiger charge is 2.07. The fourth-order valence-electron chi connectivity index (χ4n) is 1.43. The maximum atomic E-state index is 11.7. The number of hydrogen-bond acceptors (Lipinski definition) is 3. The van der Waals surface area contributed by atoms with Gasteiger partial charge in [-0.15, -0.1) is 11.3 Å². The monoisotopic (exact) mass is 269 g/mol. The Kier molecular flexibility index (Phi) is 3.81. The number of hydrogen-bond donors (Lipinski definition) is 1. The average molecular weight is 270 g/mol. The number of amides is 1. The molecule has 0 fully saturated rings. The van der Waals surface area contributed by atoms with Crippen LogP contribution in [0.1, 0.15) is 15.2 Å². The van der Waals surface area contributed by atoms with Crippen LogP contribution in [0, 0.1) is 0 Å². The van der Waals surface area contributed by atoms with Crippen LogP contribution in [0.5, 0.6) is 0 Å². The first kappa shape index (κ1) is 12.1. The van der Waals surface area contributed by atoms with Gasteiger partial charge >= 0.3 is 0 Å². The second kappa shape index (κ2) is 5.33. The van der Waals surface area contributed by atoms with Crippen molar-refractivity contribution in [3.63, 3.8) is 0 Å². The number of carbonyl (C=O) groups excluding carboxylic acids is 1. The minimum absolute atomic E-state index is 0.0965. The van der Waals surface area contributed by atoms with Crippen molar-refractivity contribution >= 4 is 28.8 Å². The van der Waals surface area contributed by atoms with Crippen molar-refractivity contribution in [1.29, 1.82) is 0 Å². The fourth-order valence-corrected chi connectivity index (χ4v) is 2.51. The first-order chi connectivity index (χ1) is 8.15. The van der Waals surface area contributed by atoms with E-state index in [4.69, 9.17) is 11.6 Å². The molecule has 2 rings (SSSR count). The molecule has 2 aromatic rings. The van der Waals surface area contributed by atoms with Crippen LogP contribution in [0.3, 0.4) is 0 Å². The summed E-state index contributed by atoms with van der Waals surface area (Å²) in [5.41, 5.74) is 0.580. The van der Waals surface area contributed by atoms with Crippen LogP contribution in [-0.2, 0) is 13.5 Å². The second-order valence-corrected chi connectivity index (χ2v) is 5.41. The SMILES string of the molecule is Cn1cc(C(=O)NCCc2ccc(Cl)s2)cn1. The zero-order valence-corrected chi connectivity index (χ0v) is 10.9. The van der Waals surface area contributed by atoms with Gasteiger partial charge in [0.2, 0.25) is 0 Å². The second-order valence-electron chi connectivity index (χ2n) is 3.61. The maximum absolute atomic E-state index is 11.7. The number of nitrogens with zero attached hydrogens (tertiary/aromatic N) is 2. The lowest BCUT2D eigenvalue weighted by Crippen LogP contribution is -2.25. The van der Waals surface area contributed by atoms with Crippen LogP contribution in [0.25, 0.3) is 0 Å². The Morgan fingerprint density at radius 3 is 3.00 bits per heavy atom. The van der Waals surface area contributed by atoms with E-state index in [0.29, 0.717) is 12.1 Å². The third kappa shape index (κ3) is 3.31. The summed E-state index contributed by atoms with van der Waals surface area (Å²) in [5.74, 6) is -0.0965. The molecule has 0 aliphatic heterocycles. The van der Waals surface area contributed by atoms with Gasteiger partial charge in [0, 0.05) is 24.7 Å². The minimum Gasteiger partial charge on any atom is -0.352 e. The lowest BCUT2D eigenvalue weighted by molar-refractivity contribution is 0.0954. The highest BCUT2D eigenvalue weighted by atomic mass is 35.5. The summed E-state index contributed by atoms with van der Waals surface area (Å²) in [6.07, 6.45) is 4.04. The maximum Gasteiger partial charge on any atom is 0.254 e. The third-order valence-electron chi connectivity index (χ3n) is 2.25. The summed E-state index contributed by atoms with van der Waals surface area (Å²) in [6.45, 7) is 0.602. The molecule has 0 bridgehead atoms. The predicted octanol–water partition coefficient (Wildman–Crippen LogP) is 2.11. The Morgan fingerprint density at radius 1 is 1.59 bits per heavy atom. The number of aryl methyl sites for hydroxylation is 1. The van der Waals surface area contributed by atoms with Gasteiger partial charge in [-0.05, 0) is 18.6 Å². The zero-order chi connectivity index (χ0) is 12.3. The molecule has 0 saturated carbocycles. The summed E-state index contributed by atoms with van der Waals surface area (Å²) in [4.78, 5) is 12.8. The summed E-state index contributed by atoms with van der Waals surface area (Å²) in [7, 11) is 1.78. The molecule has 2 heterocycles. The van der Waals surface area contributed by atoms with Crippen molar-refractivity contribution in [2.75, 3.05) is 6.54 Å². The number of aromatic nitrogens is 2. The van der Waals surface area contributed by atoms with Gasteiger partial charge in [-0.2, -0.15) is 5.10 Å². The predicted molar refractivity (Wildman–Crippen MR) is 68.6 cm³/mol. The molecule has 2 aromatic heterocycles. The normalized spacial score (nSPS) is 10.5. The Balaban J connectivity index is 1.81. The highest BCUT2D eigenvalue weighted by Crippen LogP contribution is 2.21. The zero-order valence-electron chi connectivity index (χ0n) is 9.31. The van der Waals surface area contributed by atoms with Crippen molar-refractivity contribution in [2.24, 2.45) is 7.05 Å². The largest absolute Gasteiger partial charge is 0.352 e. The van der Waals surface area contributed by atoms with Crippen LogP contribution >= 0.6 is 22.9 Å². The third-order valence-corrected chi connectivity index (χ3v) is 3.54. The quantitative estimate of drug-likeness (QED) is 0.924. The molecule has 0 spiro atoms. The number of nitrogens with one attached hydrogen (secondary N) is 1. The summed E-state index contributed by atoms with van der Waals surface area (Å²) >= 11 is 7.36. The van der Waals surface area contributed by atoms with Crippen LogP contribution in [0.2, 0.25) is 4.34 Å². The van der Waals surface area contributed by atoms with Crippen molar-refractivity contribution < 1.29 is 4.79 Å². The summed E-state index contributed by atoms with van der Waals surface area (Å²) in [5, 5.41) is 6.79. The summed E-state index contributed by atoms with van der Waals surface area (Å²) < 4.78 is 2.38. The van der Waals surface area contributed by atoms with E-state index in [1.54, 1.807) is 24.1 Å². The van der Waals surface area contributed by atoms with Crippen LogP contribution < -0.4 is 5.32 Å². The van der Waals surface area contributed by atoms with Crippen LogP contribution in [-0.4, -0.2) is 22.2 Å². The molecule has 0 atom stereocenters. The van der Waals surface area contributed by atoms with Gasteiger partial charge in [-0.1, -0.05) is 11.6 Å². The van der Waals surface area contributed by atoms with Gasteiger partial charge in [0.05, 0.1) is 16.1 Å². The van der Waals surface area contributed by atoms with E-state index in [1.807, 2.05) is 12.1 Å². The Hall–Kier alpha value is -1.33. The van der Waals surface area contributed by atoms with E-state index in [-0.39, 0.29) is 5.91 Å². The lowest BCUT2D eigenvalue weighted by Gasteiger charge is -2.01. The average Bonchev–Trinajstić information content (AvgIpc) is 2.88. The first-order valence-corrected chi connectivity index (χ1v) is 6.35. The van der Waals surface area contributed by atoms with Gasteiger partial charge in [-0.3, -0.25) is 9.48 Å². The highest BCUT2D eigenvalue weighted by molar-refractivity contribution is 7.16. The van der Waals surface area contributed by atoms with E-state index in [0.717, 1.165) is 10.8 Å². The Morgan fingerprint density at radius 2 is 2.41 bits per heavy atom. The van der Waals surface area contributed by atoms with Crippen molar-refractivity contribution in [1.82, 2.24) is 15.1 Å². The van der Waals surface area contributed by atoms with E-state index < -0.39 is 0 Å². The van der Waals surface area contributed by atoms with Gasteiger partial charge in [-0.25, -0.2) is 0 Å². The fraction of sp³-hybridized carbons (Fsp3) is 0.273. The molecule has 0 aliphatic rings. The Labute approximate surface area is 108 Å². The molecule has 0 aliphatic carbocycles. The van der Waals surface area contributed by atoms with Crippen molar-refractivity contribution in [3.8, 4) is 0 Å².